The zero-order chi connectivity index (χ0) is 29.2. The molecule has 0 saturated heterocycles. The van der Waals surface area contributed by atoms with Gasteiger partial charge in [0.05, 0.1) is 5.70 Å². The molecule has 6 aromatic carbocycles. The van der Waals surface area contributed by atoms with Crippen LogP contribution >= 0.6 is 11.3 Å². The second kappa shape index (κ2) is 11.5. The Morgan fingerprint density at radius 3 is 1.63 bits per heavy atom. The van der Waals surface area contributed by atoms with Crippen molar-refractivity contribution in [2.75, 3.05) is 0 Å². The minimum Gasteiger partial charge on any atom is -0.245 e. The first-order valence-corrected chi connectivity index (χ1v) is 15.0. The first-order chi connectivity index (χ1) is 21.2. The third-order valence-corrected chi connectivity index (χ3v) is 8.90. The van der Waals surface area contributed by atoms with Gasteiger partial charge in [-0.3, -0.25) is 0 Å². The predicted molar refractivity (Wildman–Crippen MR) is 187 cm³/mol. The number of nitrogens with zero attached hydrogens (tertiary/aromatic N) is 2. The number of aliphatic imine (C=N–C) groups is 2. The molecule has 1 heterocycles. The lowest BCUT2D eigenvalue weighted by Gasteiger charge is -2.07. The van der Waals surface area contributed by atoms with Crippen LogP contribution in [0.4, 0.5) is 0 Å². The fourth-order valence-corrected chi connectivity index (χ4v) is 6.57. The van der Waals surface area contributed by atoms with Crippen LogP contribution in [0.5, 0.6) is 0 Å². The molecule has 0 fully saturated rings. The van der Waals surface area contributed by atoms with Gasteiger partial charge in [0.25, 0.3) is 0 Å². The van der Waals surface area contributed by atoms with Crippen LogP contribution in [0.1, 0.15) is 11.1 Å². The smallest absolute Gasteiger partial charge is 0.159 e. The quantitative estimate of drug-likeness (QED) is 0.141. The highest BCUT2D eigenvalue weighted by Gasteiger charge is 2.10. The molecule has 43 heavy (non-hydrogen) atoms. The van der Waals surface area contributed by atoms with Gasteiger partial charge in [-0.05, 0) is 63.9 Å². The van der Waals surface area contributed by atoms with Crippen LogP contribution in [-0.2, 0) is 0 Å². The number of rotatable bonds is 6. The van der Waals surface area contributed by atoms with E-state index in [0.717, 1.165) is 22.3 Å². The Bertz CT molecular complexity index is 2120. The van der Waals surface area contributed by atoms with E-state index in [0.29, 0.717) is 11.5 Å². The van der Waals surface area contributed by atoms with Gasteiger partial charge in [-0.1, -0.05) is 134 Å². The summed E-state index contributed by atoms with van der Waals surface area (Å²) >= 11 is 1.84. The minimum absolute atomic E-state index is 0.555. The van der Waals surface area contributed by atoms with E-state index in [-0.39, 0.29) is 0 Å². The molecule has 0 atom stereocenters. The molecule has 0 aliphatic heterocycles. The van der Waals surface area contributed by atoms with E-state index in [4.69, 9.17) is 4.99 Å². The van der Waals surface area contributed by atoms with Gasteiger partial charge in [-0.2, -0.15) is 0 Å². The van der Waals surface area contributed by atoms with Gasteiger partial charge in [0.1, 0.15) is 0 Å². The van der Waals surface area contributed by atoms with Crippen molar-refractivity contribution in [1.82, 2.24) is 0 Å². The third-order valence-electron chi connectivity index (χ3n) is 7.77. The topological polar surface area (TPSA) is 24.7 Å². The zero-order valence-corrected chi connectivity index (χ0v) is 24.4. The summed E-state index contributed by atoms with van der Waals surface area (Å²) in [7, 11) is 0. The standard InChI is InChI=1S/C40H28N2S/c1-27(42-40(41-2)33-19-17-31(18-20-33)29-9-5-3-6-10-29)28-13-15-32(16-14-28)35-21-23-36-37-25-34(30-11-7-4-8-12-30)22-24-38(37)43-39(36)26-35/h3-26H,1-2H2/b42-40-. The first-order valence-electron chi connectivity index (χ1n) is 14.2. The molecule has 0 radical (unpaired) electrons. The van der Waals surface area contributed by atoms with Crippen molar-refractivity contribution in [3.8, 4) is 33.4 Å². The number of thiophene rings is 1. The molecule has 0 saturated carbocycles. The van der Waals surface area contributed by atoms with Crippen molar-refractivity contribution in [2.24, 2.45) is 9.98 Å². The van der Waals surface area contributed by atoms with Crippen molar-refractivity contribution >= 4 is 49.8 Å². The first kappa shape index (κ1) is 26.5. The van der Waals surface area contributed by atoms with Gasteiger partial charge in [0.2, 0.25) is 0 Å². The lowest BCUT2D eigenvalue weighted by Crippen LogP contribution is -1.97. The lowest BCUT2D eigenvalue weighted by molar-refractivity contribution is 1.46. The molecular formula is C40H28N2S. The fraction of sp³-hybridized carbons (Fsp3) is 0. The number of hydrogen-bond donors (Lipinski definition) is 0. The van der Waals surface area contributed by atoms with Crippen LogP contribution in [0.15, 0.2) is 162 Å². The summed E-state index contributed by atoms with van der Waals surface area (Å²) in [4.78, 5) is 8.93. The summed E-state index contributed by atoms with van der Waals surface area (Å²) in [6, 6.07) is 51.0. The van der Waals surface area contributed by atoms with E-state index in [1.165, 1.54) is 42.4 Å². The summed E-state index contributed by atoms with van der Waals surface area (Å²) < 4.78 is 2.59. The van der Waals surface area contributed by atoms with Gasteiger partial charge in [0.15, 0.2) is 5.84 Å². The summed E-state index contributed by atoms with van der Waals surface area (Å²) in [5.74, 6) is 0.555. The van der Waals surface area contributed by atoms with E-state index in [9.17, 15) is 0 Å². The Morgan fingerprint density at radius 2 is 0.977 bits per heavy atom. The largest absolute Gasteiger partial charge is 0.245 e. The van der Waals surface area contributed by atoms with Crippen LogP contribution in [0, 0.1) is 0 Å². The maximum atomic E-state index is 4.73. The number of hydrogen-bond acceptors (Lipinski definition) is 2. The molecule has 204 valence electrons. The van der Waals surface area contributed by atoms with E-state index in [1.54, 1.807) is 0 Å². The molecule has 0 spiro atoms. The Kier molecular flexibility index (Phi) is 7.08. The number of benzene rings is 6. The number of fused-ring (bicyclic) bond motifs is 3. The van der Waals surface area contributed by atoms with Gasteiger partial charge >= 0.3 is 0 Å². The van der Waals surface area contributed by atoms with Gasteiger partial charge in [0, 0.05) is 25.7 Å². The summed E-state index contributed by atoms with van der Waals surface area (Å²) in [5.41, 5.74) is 9.65. The van der Waals surface area contributed by atoms with Crippen molar-refractivity contribution < 1.29 is 0 Å². The highest BCUT2D eigenvalue weighted by atomic mass is 32.1. The van der Waals surface area contributed by atoms with Gasteiger partial charge in [-0.25, -0.2) is 9.98 Å². The molecule has 0 aliphatic carbocycles. The Morgan fingerprint density at radius 1 is 0.465 bits per heavy atom. The van der Waals surface area contributed by atoms with Gasteiger partial charge < -0.3 is 0 Å². The molecule has 0 aliphatic rings. The SMILES string of the molecule is C=N/C(=N\C(=C)c1ccc(-c2ccc3c(c2)sc2ccc(-c4ccccc4)cc23)cc1)c1ccc(-c2ccccc2)cc1. The number of amidine groups is 1. The highest BCUT2D eigenvalue weighted by molar-refractivity contribution is 7.25. The molecule has 0 bridgehead atoms. The second-order valence-electron chi connectivity index (χ2n) is 10.5. The molecule has 3 heteroatoms. The fourth-order valence-electron chi connectivity index (χ4n) is 5.45. The van der Waals surface area contributed by atoms with Crippen LogP contribution in [0.3, 0.4) is 0 Å². The minimum atomic E-state index is 0.555. The summed E-state index contributed by atoms with van der Waals surface area (Å²) in [6.07, 6.45) is 0. The van der Waals surface area contributed by atoms with Crippen LogP contribution in [0.2, 0.25) is 0 Å². The zero-order valence-electron chi connectivity index (χ0n) is 23.6. The summed E-state index contributed by atoms with van der Waals surface area (Å²) in [6.45, 7) is 7.98. The van der Waals surface area contributed by atoms with E-state index in [1.807, 2.05) is 41.7 Å². The molecular weight excluding hydrogens is 541 g/mol. The van der Waals surface area contributed by atoms with Crippen molar-refractivity contribution in [2.45, 2.75) is 0 Å². The van der Waals surface area contributed by atoms with Crippen molar-refractivity contribution in [1.29, 1.82) is 0 Å². The molecule has 7 aromatic rings. The molecule has 0 amide bonds. The maximum Gasteiger partial charge on any atom is 0.159 e. The Hall–Kier alpha value is -5.38. The van der Waals surface area contributed by atoms with E-state index in [2.05, 4.69) is 134 Å². The molecule has 0 N–H and O–H groups in total. The molecule has 1 aromatic heterocycles. The van der Waals surface area contributed by atoms with Crippen molar-refractivity contribution in [3.63, 3.8) is 0 Å². The normalized spacial score (nSPS) is 11.6. The highest BCUT2D eigenvalue weighted by Crippen LogP contribution is 2.38. The maximum absolute atomic E-state index is 4.73. The van der Waals surface area contributed by atoms with Crippen molar-refractivity contribution in [3.05, 3.63) is 163 Å². The Balaban J connectivity index is 1.12. The lowest BCUT2D eigenvalue weighted by atomic mass is 10.00. The van der Waals surface area contributed by atoms with Crippen LogP contribution in [-0.4, -0.2) is 12.6 Å². The molecule has 7 rings (SSSR count). The van der Waals surface area contributed by atoms with E-state index >= 15 is 0 Å². The summed E-state index contributed by atoms with van der Waals surface area (Å²) in [5, 5.41) is 2.60. The van der Waals surface area contributed by atoms with E-state index < -0.39 is 0 Å². The average molecular weight is 569 g/mol. The predicted octanol–water partition coefficient (Wildman–Crippen LogP) is 11.2. The molecule has 0 unspecified atom stereocenters. The van der Waals surface area contributed by atoms with Gasteiger partial charge in [-0.15, -0.1) is 11.3 Å². The van der Waals surface area contributed by atoms with Crippen LogP contribution < -0.4 is 0 Å². The Labute approximate surface area is 255 Å². The second-order valence-corrected chi connectivity index (χ2v) is 11.5. The third kappa shape index (κ3) is 5.34. The molecule has 2 nitrogen and oxygen atoms in total. The average Bonchev–Trinajstić information content (AvgIpc) is 3.45. The monoisotopic (exact) mass is 568 g/mol. The van der Waals surface area contributed by atoms with Crippen LogP contribution in [0.25, 0.3) is 59.3 Å².